The number of pyridine rings is 1. The summed E-state index contributed by atoms with van der Waals surface area (Å²) in [6.07, 6.45) is 3.70. The molecule has 4 rings (SSSR count). The van der Waals surface area contributed by atoms with Crippen LogP contribution in [-0.4, -0.2) is 56.7 Å². The molecule has 0 aliphatic carbocycles. The zero-order valence-electron chi connectivity index (χ0n) is 17.4. The molecule has 3 heterocycles. The van der Waals surface area contributed by atoms with Crippen LogP contribution in [0.25, 0.3) is 0 Å². The molecule has 1 amide bonds. The summed E-state index contributed by atoms with van der Waals surface area (Å²) in [7, 11) is 0. The topological polar surface area (TPSA) is 54.3 Å². The molecule has 0 radical (unpaired) electrons. The fourth-order valence-electron chi connectivity index (χ4n) is 3.80. The van der Waals surface area contributed by atoms with Crippen molar-refractivity contribution in [3.8, 4) is 0 Å². The maximum atomic E-state index is 12.9. The van der Waals surface area contributed by atoms with Gasteiger partial charge in [0.05, 0.1) is 22.4 Å². The molecule has 1 saturated heterocycles. The molecule has 0 bridgehead atoms. The van der Waals surface area contributed by atoms with Crippen molar-refractivity contribution in [2.75, 3.05) is 26.2 Å². The summed E-state index contributed by atoms with van der Waals surface area (Å²) in [6, 6.07) is 12.0. The van der Waals surface area contributed by atoms with E-state index in [9.17, 15) is 4.79 Å². The van der Waals surface area contributed by atoms with Gasteiger partial charge in [0.25, 0.3) is 5.91 Å². The van der Waals surface area contributed by atoms with E-state index >= 15 is 0 Å². The molecule has 1 aliphatic heterocycles. The minimum atomic E-state index is 0.108. The van der Waals surface area contributed by atoms with Gasteiger partial charge in [-0.05, 0) is 59.1 Å². The summed E-state index contributed by atoms with van der Waals surface area (Å²) < 4.78 is 3.04. The van der Waals surface area contributed by atoms with E-state index in [0.29, 0.717) is 6.54 Å². The number of carbonyl (C=O) groups excluding carboxylic acids is 1. The third kappa shape index (κ3) is 4.63. The molecule has 7 heteroatoms. The second kappa shape index (κ2) is 9.10. The van der Waals surface area contributed by atoms with E-state index in [1.807, 2.05) is 53.0 Å². The second-order valence-electron chi connectivity index (χ2n) is 7.77. The molecule has 0 unspecified atom stereocenters. The van der Waals surface area contributed by atoms with Gasteiger partial charge < -0.3 is 4.90 Å². The van der Waals surface area contributed by atoms with Gasteiger partial charge in [0.1, 0.15) is 0 Å². The van der Waals surface area contributed by atoms with Crippen LogP contribution in [0, 0.1) is 13.8 Å². The molecule has 6 nitrogen and oxygen atoms in total. The van der Waals surface area contributed by atoms with Crippen LogP contribution >= 0.6 is 15.9 Å². The van der Waals surface area contributed by atoms with E-state index in [1.54, 1.807) is 6.20 Å². The molecule has 30 heavy (non-hydrogen) atoms. The smallest absolute Gasteiger partial charge is 0.253 e. The van der Waals surface area contributed by atoms with Gasteiger partial charge in [-0.3, -0.25) is 19.4 Å². The SMILES string of the molecule is Cc1nn(Cc2ccc(C(=O)N3CCN(Cc4cccnc4)CC3)cc2)c(C)c1Br. The summed E-state index contributed by atoms with van der Waals surface area (Å²) in [4.78, 5) is 21.4. The number of amides is 1. The summed E-state index contributed by atoms with van der Waals surface area (Å²) >= 11 is 3.57. The van der Waals surface area contributed by atoms with Gasteiger partial charge in [-0.1, -0.05) is 18.2 Å². The average Bonchev–Trinajstić information content (AvgIpc) is 3.01. The maximum Gasteiger partial charge on any atom is 0.253 e. The highest BCUT2D eigenvalue weighted by Crippen LogP contribution is 2.21. The minimum absolute atomic E-state index is 0.108. The highest BCUT2D eigenvalue weighted by molar-refractivity contribution is 9.10. The predicted octanol–water partition coefficient (Wildman–Crippen LogP) is 3.66. The highest BCUT2D eigenvalue weighted by Gasteiger charge is 2.22. The van der Waals surface area contributed by atoms with Crippen LogP contribution in [0.1, 0.15) is 32.9 Å². The van der Waals surface area contributed by atoms with Crippen molar-refractivity contribution >= 4 is 21.8 Å². The Labute approximate surface area is 185 Å². The van der Waals surface area contributed by atoms with E-state index in [1.165, 1.54) is 5.56 Å². The third-order valence-corrected chi connectivity index (χ3v) is 6.76. The summed E-state index contributed by atoms with van der Waals surface area (Å²) in [6.45, 7) is 8.88. The first kappa shape index (κ1) is 20.8. The molecule has 1 fully saturated rings. The molecular formula is C23H26BrN5O. The van der Waals surface area contributed by atoms with Gasteiger partial charge in [-0.25, -0.2) is 0 Å². The van der Waals surface area contributed by atoms with Crippen molar-refractivity contribution in [3.63, 3.8) is 0 Å². The quantitative estimate of drug-likeness (QED) is 0.574. The number of halogens is 1. The first-order valence-electron chi connectivity index (χ1n) is 10.2. The molecule has 2 aromatic heterocycles. The van der Waals surface area contributed by atoms with Crippen molar-refractivity contribution in [1.82, 2.24) is 24.6 Å². The first-order valence-corrected chi connectivity index (χ1v) is 11.0. The van der Waals surface area contributed by atoms with Crippen LogP contribution in [0.15, 0.2) is 53.3 Å². The lowest BCUT2D eigenvalue weighted by atomic mass is 10.1. The van der Waals surface area contributed by atoms with Crippen molar-refractivity contribution in [2.45, 2.75) is 26.9 Å². The summed E-state index contributed by atoms with van der Waals surface area (Å²) in [5, 5.41) is 4.56. The molecule has 0 saturated carbocycles. The zero-order chi connectivity index (χ0) is 21.1. The van der Waals surface area contributed by atoms with Crippen LogP contribution < -0.4 is 0 Å². The van der Waals surface area contributed by atoms with Gasteiger partial charge in [-0.15, -0.1) is 0 Å². The zero-order valence-corrected chi connectivity index (χ0v) is 19.0. The van der Waals surface area contributed by atoms with Crippen molar-refractivity contribution < 1.29 is 4.79 Å². The van der Waals surface area contributed by atoms with E-state index in [2.05, 4.69) is 43.9 Å². The maximum absolute atomic E-state index is 12.9. The predicted molar refractivity (Wildman–Crippen MR) is 120 cm³/mol. The number of aromatic nitrogens is 3. The van der Waals surface area contributed by atoms with E-state index < -0.39 is 0 Å². The molecule has 1 aromatic carbocycles. The van der Waals surface area contributed by atoms with E-state index in [4.69, 9.17) is 0 Å². The lowest BCUT2D eigenvalue weighted by Crippen LogP contribution is -2.48. The van der Waals surface area contributed by atoms with Crippen LogP contribution in [0.3, 0.4) is 0 Å². The lowest BCUT2D eigenvalue weighted by molar-refractivity contribution is 0.0628. The number of carbonyl (C=O) groups is 1. The number of hydrogen-bond acceptors (Lipinski definition) is 4. The van der Waals surface area contributed by atoms with Gasteiger partial charge in [0.2, 0.25) is 0 Å². The van der Waals surface area contributed by atoms with Crippen LogP contribution in [0.2, 0.25) is 0 Å². The van der Waals surface area contributed by atoms with Gasteiger partial charge >= 0.3 is 0 Å². The Kier molecular flexibility index (Phi) is 6.29. The summed E-state index contributed by atoms with van der Waals surface area (Å²) in [5.41, 5.74) is 5.18. The van der Waals surface area contributed by atoms with E-state index in [-0.39, 0.29) is 5.91 Å². The van der Waals surface area contributed by atoms with Crippen LogP contribution in [0.4, 0.5) is 0 Å². The normalized spacial score (nSPS) is 14.8. The number of rotatable bonds is 5. The monoisotopic (exact) mass is 467 g/mol. The molecule has 3 aromatic rings. The Morgan fingerprint density at radius 3 is 2.33 bits per heavy atom. The largest absolute Gasteiger partial charge is 0.336 e. The molecule has 0 N–H and O–H groups in total. The lowest BCUT2D eigenvalue weighted by Gasteiger charge is -2.34. The third-order valence-electron chi connectivity index (χ3n) is 5.61. The molecule has 156 valence electrons. The molecule has 1 aliphatic rings. The molecular weight excluding hydrogens is 442 g/mol. The van der Waals surface area contributed by atoms with E-state index in [0.717, 1.165) is 59.7 Å². The van der Waals surface area contributed by atoms with Crippen LogP contribution in [-0.2, 0) is 13.1 Å². The Morgan fingerprint density at radius 1 is 1.00 bits per heavy atom. The van der Waals surface area contributed by atoms with Gasteiger partial charge in [-0.2, -0.15) is 5.10 Å². The summed E-state index contributed by atoms with van der Waals surface area (Å²) in [5.74, 6) is 0.108. The Hall–Kier alpha value is -2.51. The second-order valence-corrected chi connectivity index (χ2v) is 8.56. The number of benzene rings is 1. The molecule has 0 spiro atoms. The minimum Gasteiger partial charge on any atom is -0.336 e. The number of hydrogen-bond donors (Lipinski definition) is 0. The fourth-order valence-corrected chi connectivity index (χ4v) is 4.08. The molecule has 0 atom stereocenters. The first-order chi connectivity index (χ1) is 14.5. The Balaban J connectivity index is 1.33. The van der Waals surface area contributed by atoms with Gasteiger partial charge in [0.15, 0.2) is 0 Å². The average molecular weight is 468 g/mol. The van der Waals surface area contributed by atoms with Crippen LogP contribution in [0.5, 0.6) is 0 Å². The van der Waals surface area contributed by atoms with Crippen molar-refractivity contribution in [2.24, 2.45) is 0 Å². The number of nitrogens with zero attached hydrogens (tertiary/aromatic N) is 5. The highest BCUT2D eigenvalue weighted by atomic mass is 79.9. The number of aryl methyl sites for hydroxylation is 1. The Bertz CT molecular complexity index is 1010. The standard InChI is InChI=1S/C23H26BrN5O/c1-17-22(24)18(2)29(26-17)16-19-5-7-21(8-6-19)23(30)28-12-10-27(11-13-28)15-20-4-3-9-25-14-20/h3-9,14H,10-13,15-16H2,1-2H3. The van der Waals surface area contributed by atoms with Crippen molar-refractivity contribution in [1.29, 1.82) is 0 Å². The van der Waals surface area contributed by atoms with Gasteiger partial charge in [0, 0.05) is 50.7 Å². The number of piperazine rings is 1. The Morgan fingerprint density at radius 2 is 1.73 bits per heavy atom. The van der Waals surface area contributed by atoms with Crippen molar-refractivity contribution in [3.05, 3.63) is 81.3 Å². The fraction of sp³-hybridized carbons (Fsp3) is 0.348.